The zero-order valence-corrected chi connectivity index (χ0v) is 19.0. The van der Waals surface area contributed by atoms with E-state index in [0.29, 0.717) is 39.1 Å². The van der Waals surface area contributed by atoms with Crippen LogP contribution in [0.5, 0.6) is 0 Å². The lowest BCUT2D eigenvalue weighted by Crippen LogP contribution is -2.51. The van der Waals surface area contributed by atoms with Crippen molar-refractivity contribution in [1.82, 2.24) is 15.1 Å². The van der Waals surface area contributed by atoms with Crippen molar-refractivity contribution in [3.05, 3.63) is 0 Å². The van der Waals surface area contributed by atoms with E-state index in [1.54, 1.807) is 0 Å². The van der Waals surface area contributed by atoms with Gasteiger partial charge in [-0.1, -0.05) is 13.8 Å². The van der Waals surface area contributed by atoms with Gasteiger partial charge in [-0.25, -0.2) is 0 Å². The molecule has 180 valence electrons. The largest absolute Gasteiger partial charge is 0.388 e. The third-order valence-electron chi connectivity index (χ3n) is 5.98. The summed E-state index contributed by atoms with van der Waals surface area (Å²) in [4.78, 5) is 29.3. The first kappa shape index (κ1) is 26.0. The zero-order valence-electron chi connectivity index (χ0n) is 19.0. The van der Waals surface area contributed by atoms with Gasteiger partial charge in [-0.05, 0) is 38.1 Å². The number of carbonyl (C=O) groups excluding carboxylic acids is 2. The molecule has 9 nitrogen and oxygen atoms in total. The molecule has 2 fully saturated rings. The first-order valence-corrected chi connectivity index (χ1v) is 11.7. The predicted octanol–water partition coefficient (Wildman–Crippen LogP) is -0.418. The van der Waals surface area contributed by atoms with Gasteiger partial charge in [0, 0.05) is 45.8 Å². The van der Waals surface area contributed by atoms with Crippen LogP contribution in [0.2, 0.25) is 0 Å². The molecule has 2 aliphatic rings. The number of ether oxygens (including phenoxy) is 1. The highest BCUT2D eigenvalue weighted by Crippen LogP contribution is 2.15. The van der Waals surface area contributed by atoms with E-state index in [4.69, 9.17) is 4.74 Å². The molecule has 0 unspecified atom stereocenters. The summed E-state index contributed by atoms with van der Waals surface area (Å²) in [5.41, 5.74) is 0. The van der Waals surface area contributed by atoms with Crippen molar-refractivity contribution >= 4 is 11.8 Å². The molecule has 2 rings (SSSR count). The van der Waals surface area contributed by atoms with Crippen LogP contribution in [0.4, 0.5) is 0 Å². The molecule has 2 heterocycles. The Kier molecular flexibility index (Phi) is 11.2. The Labute approximate surface area is 185 Å². The quantitative estimate of drug-likeness (QED) is 0.467. The monoisotopic (exact) mass is 443 g/mol. The van der Waals surface area contributed by atoms with Crippen LogP contribution < -0.4 is 5.32 Å². The molecule has 0 aromatic carbocycles. The van der Waals surface area contributed by atoms with Gasteiger partial charge >= 0.3 is 0 Å². The number of hydrogen-bond donors (Lipinski definition) is 4. The molecule has 0 aliphatic carbocycles. The van der Waals surface area contributed by atoms with Crippen LogP contribution in [-0.4, -0.2) is 108 Å². The van der Waals surface area contributed by atoms with Crippen LogP contribution in [0.15, 0.2) is 0 Å². The number of aliphatic hydroxyl groups excluding tert-OH is 3. The fourth-order valence-corrected chi connectivity index (χ4v) is 4.09. The average molecular weight is 444 g/mol. The maximum absolute atomic E-state index is 13.1. The van der Waals surface area contributed by atoms with Gasteiger partial charge in [0.05, 0.1) is 12.5 Å². The first-order valence-electron chi connectivity index (χ1n) is 11.7. The van der Waals surface area contributed by atoms with E-state index in [2.05, 4.69) is 5.32 Å². The molecule has 0 saturated carbocycles. The van der Waals surface area contributed by atoms with Crippen LogP contribution in [0.3, 0.4) is 0 Å². The van der Waals surface area contributed by atoms with Gasteiger partial charge < -0.3 is 35.2 Å². The molecule has 0 aromatic rings. The lowest BCUT2D eigenvalue weighted by Gasteiger charge is -2.34. The Morgan fingerprint density at radius 3 is 2.45 bits per heavy atom. The molecule has 2 amide bonds. The summed E-state index contributed by atoms with van der Waals surface area (Å²) in [6.07, 6.45) is -0.311. The fraction of sp³-hybridized carbons (Fsp3) is 0.909. The summed E-state index contributed by atoms with van der Waals surface area (Å²) in [6.45, 7) is 6.97. The van der Waals surface area contributed by atoms with Crippen molar-refractivity contribution in [1.29, 1.82) is 0 Å². The fourth-order valence-electron chi connectivity index (χ4n) is 4.09. The summed E-state index contributed by atoms with van der Waals surface area (Å²) in [5, 5.41) is 34.1. The molecule has 31 heavy (non-hydrogen) atoms. The number of amides is 2. The summed E-state index contributed by atoms with van der Waals surface area (Å²) >= 11 is 0. The molecule has 4 atom stereocenters. The Morgan fingerprint density at radius 2 is 1.77 bits per heavy atom. The molecule has 2 aliphatic heterocycles. The molecule has 0 radical (unpaired) electrons. The van der Waals surface area contributed by atoms with Crippen molar-refractivity contribution in [2.75, 3.05) is 52.5 Å². The number of aliphatic hydroxyl groups is 3. The summed E-state index contributed by atoms with van der Waals surface area (Å²) in [6, 6.07) is 0. The van der Waals surface area contributed by atoms with Gasteiger partial charge in [0.15, 0.2) is 0 Å². The molecule has 9 heteroatoms. The average Bonchev–Trinajstić information content (AvgIpc) is 2.75. The normalized spacial score (nSPS) is 30.1. The standard InChI is InChI=1S/C22H41N3O6/c1-16(2)12-20(28)25-10-9-24(22(30)17-6-5-7-23-13-17)8-3-4-11-31-15-19(27)21(29)18(26)14-25/h16-19,21,23,26-27,29H,3-15H2,1-2H3/t17-,18+,19-,21-/m1/s1. The first-order chi connectivity index (χ1) is 14.8. The SMILES string of the molecule is CC(C)CC(=O)N1CCN(C(=O)[C@@H]2CCCNC2)CCCCOC[C@@H](O)[C@H](O)[C@@H](O)C1. The van der Waals surface area contributed by atoms with Gasteiger partial charge in [0.25, 0.3) is 0 Å². The van der Waals surface area contributed by atoms with Crippen LogP contribution in [-0.2, 0) is 14.3 Å². The van der Waals surface area contributed by atoms with Crippen molar-refractivity contribution < 1.29 is 29.6 Å². The van der Waals surface area contributed by atoms with E-state index < -0.39 is 18.3 Å². The van der Waals surface area contributed by atoms with E-state index in [9.17, 15) is 24.9 Å². The minimum Gasteiger partial charge on any atom is -0.388 e. The third kappa shape index (κ3) is 8.65. The van der Waals surface area contributed by atoms with Crippen molar-refractivity contribution in [3.63, 3.8) is 0 Å². The van der Waals surface area contributed by atoms with Crippen molar-refractivity contribution in [2.24, 2.45) is 11.8 Å². The van der Waals surface area contributed by atoms with Gasteiger partial charge in [0.1, 0.15) is 18.3 Å². The Morgan fingerprint density at radius 1 is 1.03 bits per heavy atom. The number of nitrogens with zero attached hydrogens (tertiary/aromatic N) is 2. The molecule has 0 aromatic heterocycles. The van der Waals surface area contributed by atoms with Crippen molar-refractivity contribution in [3.8, 4) is 0 Å². The van der Waals surface area contributed by atoms with E-state index in [-0.39, 0.29) is 43.3 Å². The summed E-state index contributed by atoms with van der Waals surface area (Å²) in [7, 11) is 0. The number of hydrogen-bond acceptors (Lipinski definition) is 7. The van der Waals surface area contributed by atoms with Gasteiger partial charge in [-0.15, -0.1) is 0 Å². The third-order valence-corrected chi connectivity index (χ3v) is 5.98. The lowest BCUT2D eigenvalue weighted by atomic mass is 9.98. The zero-order chi connectivity index (χ0) is 22.8. The molecular weight excluding hydrogens is 402 g/mol. The van der Waals surface area contributed by atoms with Gasteiger partial charge in [-0.3, -0.25) is 9.59 Å². The highest BCUT2D eigenvalue weighted by Gasteiger charge is 2.30. The Balaban J connectivity index is 2.13. The Bertz CT molecular complexity index is 555. The maximum Gasteiger partial charge on any atom is 0.227 e. The van der Waals surface area contributed by atoms with Crippen molar-refractivity contribution in [2.45, 2.75) is 64.3 Å². The second-order valence-electron chi connectivity index (χ2n) is 9.21. The van der Waals surface area contributed by atoms with Gasteiger partial charge in [0.2, 0.25) is 11.8 Å². The second-order valence-corrected chi connectivity index (χ2v) is 9.21. The molecule has 0 spiro atoms. The van der Waals surface area contributed by atoms with Crippen LogP contribution in [0.25, 0.3) is 0 Å². The maximum atomic E-state index is 13.1. The number of rotatable bonds is 3. The summed E-state index contributed by atoms with van der Waals surface area (Å²) in [5.74, 6) is 0.0669. The topological polar surface area (TPSA) is 123 Å². The van der Waals surface area contributed by atoms with E-state index in [0.717, 1.165) is 25.8 Å². The molecule has 0 bridgehead atoms. The van der Waals surface area contributed by atoms with E-state index in [1.165, 1.54) is 4.90 Å². The minimum absolute atomic E-state index is 0.0498. The highest BCUT2D eigenvalue weighted by atomic mass is 16.5. The Hall–Kier alpha value is -1.26. The number of nitrogens with one attached hydrogen (secondary N) is 1. The summed E-state index contributed by atoms with van der Waals surface area (Å²) < 4.78 is 5.43. The number of piperidine rings is 1. The lowest BCUT2D eigenvalue weighted by molar-refractivity contribution is -0.141. The van der Waals surface area contributed by atoms with Crippen LogP contribution in [0.1, 0.15) is 46.0 Å². The predicted molar refractivity (Wildman–Crippen MR) is 116 cm³/mol. The minimum atomic E-state index is -1.41. The smallest absolute Gasteiger partial charge is 0.227 e. The molecular formula is C22H41N3O6. The van der Waals surface area contributed by atoms with E-state index >= 15 is 0 Å². The molecule has 2 saturated heterocycles. The molecule has 4 N–H and O–H groups in total. The second kappa shape index (κ2) is 13.3. The number of β-amino-alcohol motifs (C(OH)–C–C–N with tert-alkyl or cyclic N) is 1. The van der Waals surface area contributed by atoms with Crippen LogP contribution in [0, 0.1) is 11.8 Å². The van der Waals surface area contributed by atoms with E-state index in [1.807, 2.05) is 18.7 Å². The highest BCUT2D eigenvalue weighted by molar-refractivity contribution is 5.79. The number of carbonyl (C=O) groups is 2. The van der Waals surface area contributed by atoms with Crippen LogP contribution >= 0.6 is 0 Å². The van der Waals surface area contributed by atoms with Gasteiger partial charge in [-0.2, -0.15) is 0 Å².